The number of fused-ring (bicyclic) bond motifs is 1. The second-order valence-electron chi connectivity index (χ2n) is 5.41. The highest BCUT2D eigenvalue weighted by molar-refractivity contribution is 6.50. The van der Waals surface area contributed by atoms with E-state index in [-0.39, 0.29) is 23.8 Å². The molecule has 2 heterocycles. The Balaban J connectivity index is 1.49. The third-order valence-electron chi connectivity index (χ3n) is 4.06. The Labute approximate surface area is 105 Å². The van der Waals surface area contributed by atoms with Crippen molar-refractivity contribution in [3.63, 3.8) is 0 Å². The maximum Gasteiger partial charge on any atom is 0.224 e. The van der Waals surface area contributed by atoms with Gasteiger partial charge in [-0.3, -0.25) is 9.69 Å². The average Bonchev–Trinajstić information content (AvgIpc) is 3.04. The zero-order valence-corrected chi connectivity index (χ0v) is 10.8. The predicted molar refractivity (Wildman–Crippen MR) is 63.6 cm³/mol. The van der Waals surface area contributed by atoms with Crippen LogP contribution >= 0.6 is 23.2 Å². The van der Waals surface area contributed by atoms with E-state index in [4.69, 9.17) is 23.2 Å². The summed E-state index contributed by atoms with van der Waals surface area (Å²) >= 11 is 12.0. The average molecular weight is 263 g/mol. The van der Waals surface area contributed by atoms with E-state index in [0.29, 0.717) is 6.04 Å². The molecule has 1 N–H and O–H groups in total. The first kappa shape index (κ1) is 11.1. The summed E-state index contributed by atoms with van der Waals surface area (Å²) < 4.78 is -0.603. The number of halogens is 2. The molecular weight excluding hydrogens is 247 g/mol. The standard InChI is InChI=1S/C11H16Cl2N2O/c1-6(9-3-11(9,12)13)14-10(16)7-2-8-5-15(8)4-7/h6-9H,2-5H2,1H3,(H,14,16)/t6-,7?,8?,9+,15?/m1/s1. The van der Waals surface area contributed by atoms with Gasteiger partial charge >= 0.3 is 0 Å². The summed E-state index contributed by atoms with van der Waals surface area (Å²) in [5.74, 6) is 0.576. The number of carbonyl (C=O) groups is 1. The van der Waals surface area contributed by atoms with Crippen LogP contribution < -0.4 is 5.32 Å². The Bertz CT molecular complexity index is 324. The predicted octanol–water partition coefficient (Wildman–Crippen LogP) is 1.39. The normalized spacial score (nSPS) is 44.7. The van der Waals surface area contributed by atoms with E-state index in [9.17, 15) is 4.79 Å². The first-order valence-electron chi connectivity index (χ1n) is 5.89. The van der Waals surface area contributed by atoms with Gasteiger partial charge in [0.25, 0.3) is 0 Å². The molecule has 3 rings (SSSR count). The fourth-order valence-corrected chi connectivity index (χ4v) is 3.48. The lowest BCUT2D eigenvalue weighted by molar-refractivity contribution is -0.125. The largest absolute Gasteiger partial charge is 0.353 e. The van der Waals surface area contributed by atoms with Crippen LogP contribution in [0.25, 0.3) is 0 Å². The Morgan fingerprint density at radius 3 is 2.69 bits per heavy atom. The van der Waals surface area contributed by atoms with Crippen molar-refractivity contribution in [3.8, 4) is 0 Å². The second kappa shape index (κ2) is 3.50. The number of amides is 1. The fraction of sp³-hybridized carbons (Fsp3) is 0.909. The van der Waals surface area contributed by atoms with Crippen LogP contribution in [-0.2, 0) is 4.79 Å². The first-order chi connectivity index (χ1) is 7.47. The molecule has 3 fully saturated rings. The molecule has 5 atom stereocenters. The molecular formula is C11H16Cl2N2O. The molecule has 2 aliphatic heterocycles. The summed E-state index contributed by atoms with van der Waals surface area (Å²) in [6, 6.07) is 0.779. The van der Waals surface area contributed by atoms with Crippen molar-refractivity contribution >= 4 is 29.1 Å². The molecule has 0 aromatic heterocycles. The van der Waals surface area contributed by atoms with E-state index in [0.717, 1.165) is 19.4 Å². The van der Waals surface area contributed by atoms with Crippen LogP contribution in [0.4, 0.5) is 0 Å². The molecule has 90 valence electrons. The quantitative estimate of drug-likeness (QED) is 0.616. The number of hydrogen-bond donors (Lipinski definition) is 1. The van der Waals surface area contributed by atoms with Crippen LogP contribution in [0.5, 0.6) is 0 Å². The fourth-order valence-electron chi connectivity index (χ4n) is 2.77. The summed E-state index contributed by atoms with van der Waals surface area (Å²) in [7, 11) is 0. The van der Waals surface area contributed by atoms with E-state index in [1.807, 2.05) is 6.92 Å². The monoisotopic (exact) mass is 262 g/mol. The van der Waals surface area contributed by atoms with E-state index < -0.39 is 4.33 Å². The van der Waals surface area contributed by atoms with Gasteiger partial charge in [0.2, 0.25) is 5.91 Å². The van der Waals surface area contributed by atoms with Crippen LogP contribution in [0.3, 0.4) is 0 Å². The SMILES string of the molecule is C[C@@H](NC(=O)C1CC2CN2C1)[C@@H]1CC1(Cl)Cl. The van der Waals surface area contributed by atoms with Gasteiger partial charge in [-0.25, -0.2) is 0 Å². The maximum atomic E-state index is 11.9. The molecule has 3 aliphatic rings. The van der Waals surface area contributed by atoms with E-state index in [1.165, 1.54) is 6.54 Å². The van der Waals surface area contributed by atoms with Crippen LogP contribution in [0, 0.1) is 11.8 Å². The minimum atomic E-state index is -0.603. The summed E-state index contributed by atoms with van der Waals surface area (Å²) in [5.41, 5.74) is 0. The molecule has 0 spiro atoms. The Hall–Kier alpha value is 0.01000. The van der Waals surface area contributed by atoms with Crippen LogP contribution in [0.1, 0.15) is 19.8 Å². The number of nitrogens with zero attached hydrogens (tertiary/aromatic N) is 1. The van der Waals surface area contributed by atoms with Crippen LogP contribution in [-0.4, -0.2) is 40.3 Å². The smallest absolute Gasteiger partial charge is 0.224 e. The highest BCUT2D eigenvalue weighted by Gasteiger charge is 2.55. The number of rotatable bonds is 3. The lowest BCUT2D eigenvalue weighted by Crippen LogP contribution is -2.40. The van der Waals surface area contributed by atoms with E-state index in [2.05, 4.69) is 10.2 Å². The van der Waals surface area contributed by atoms with Crippen molar-refractivity contribution in [1.29, 1.82) is 0 Å². The van der Waals surface area contributed by atoms with E-state index in [1.54, 1.807) is 0 Å². The van der Waals surface area contributed by atoms with Crippen LogP contribution in [0.2, 0.25) is 0 Å². The molecule has 3 unspecified atom stereocenters. The Morgan fingerprint density at radius 1 is 1.50 bits per heavy atom. The maximum absolute atomic E-state index is 11.9. The summed E-state index contributed by atoms with van der Waals surface area (Å²) in [5, 5.41) is 3.05. The highest BCUT2D eigenvalue weighted by Crippen LogP contribution is 2.54. The highest BCUT2D eigenvalue weighted by atomic mass is 35.5. The molecule has 2 saturated heterocycles. The van der Waals surface area contributed by atoms with Crippen molar-refractivity contribution in [2.75, 3.05) is 13.1 Å². The molecule has 5 heteroatoms. The number of alkyl halides is 2. The van der Waals surface area contributed by atoms with Gasteiger partial charge in [-0.2, -0.15) is 0 Å². The van der Waals surface area contributed by atoms with Crippen molar-refractivity contribution in [1.82, 2.24) is 10.2 Å². The van der Waals surface area contributed by atoms with Crippen LogP contribution in [0.15, 0.2) is 0 Å². The number of carbonyl (C=O) groups excluding carboxylic acids is 1. The van der Waals surface area contributed by atoms with Gasteiger partial charge in [0.05, 0.1) is 5.92 Å². The van der Waals surface area contributed by atoms with Gasteiger partial charge in [-0.1, -0.05) is 0 Å². The van der Waals surface area contributed by atoms with Gasteiger partial charge < -0.3 is 5.32 Å². The molecule has 1 amide bonds. The topological polar surface area (TPSA) is 32.1 Å². The lowest BCUT2D eigenvalue weighted by Gasteiger charge is -2.18. The van der Waals surface area contributed by atoms with Crippen molar-refractivity contribution < 1.29 is 4.79 Å². The van der Waals surface area contributed by atoms with Crippen molar-refractivity contribution in [2.24, 2.45) is 11.8 Å². The molecule has 1 aliphatic carbocycles. The molecule has 16 heavy (non-hydrogen) atoms. The minimum absolute atomic E-state index is 0.0921. The molecule has 0 radical (unpaired) electrons. The van der Waals surface area contributed by atoms with Gasteiger partial charge in [0.15, 0.2) is 0 Å². The lowest BCUT2D eigenvalue weighted by atomic mass is 10.0. The Morgan fingerprint density at radius 2 is 2.19 bits per heavy atom. The van der Waals surface area contributed by atoms with Gasteiger partial charge in [-0.15, -0.1) is 23.2 Å². The van der Waals surface area contributed by atoms with Gasteiger partial charge in [0.1, 0.15) is 4.33 Å². The molecule has 0 aromatic carbocycles. The van der Waals surface area contributed by atoms with Gasteiger partial charge in [-0.05, 0) is 19.8 Å². The molecule has 3 nitrogen and oxygen atoms in total. The Kier molecular flexibility index (Phi) is 2.43. The summed E-state index contributed by atoms with van der Waals surface area (Å²) in [6.45, 7) is 4.11. The summed E-state index contributed by atoms with van der Waals surface area (Å²) in [6.07, 6.45) is 1.81. The first-order valence-corrected chi connectivity index (χ1v) is 6.65. The third-order valence-corrected chi connectivity index (χ3v) is 4.93. The second-order valence-corrected chi connectivity index (χ2v) is 6.95. The zero-order chi connectivity index (χ0) is 11.5. The van der Waals surface area contributed by atoms with Gasteiger partial charge in [0, 0.05) is 31.1 Å². The number of hydrogen-bond acceptors (Lipinski definition) is 2. The molecule has 1 saturated carbocycles. The van der Waals surface area contributed by atoms with Crippen molar-refractivity contribution in [2.45, 2.75) is 36.2 Å². The van der Waals surface area contributed by atoms with Crippen molar-refractivity contribution in [3.05, 3.63) is 0 Å². The summed E-state index contributed by atoms with van der Waals surface area (Å²) in [4.78, 5) is 14.3. The molecule has 0 bridgehead atoms. The third kappa shape index (κ3) is 1.93. The minimum Gasteiger partial charge on any atom is -0.353 e. The van der Waals surface area contributed by atoms with E-state index >= 15 is 0 Å². The number of nitrogens with one attached hydrogen (secondary N) is 1. The zero-order valence-electron chi connectivity index (χ0n) is 9.25. The molecule has 0 aromatic rings. The number of piperidine rings is 1.